The third-order valence-corrected chi connectivity index (χ3v) is 6.40. The molecule has 34 heavy (non-hydrogen) atoms. The van der Waals surface area contributed by atoms with E-state index in [0.717, 1.165) is 42.6 Å². The average Bonchev–Trinajstić information content (AvgIpc) is 3.21. The van der Waals surface area contributed by atoms with Crippen LogP contribution in [0.5, 0.6) is 11.6 Å². The molecule has 0 aliphatic heterocycles. The maximum atomic E-state index is 12.5. The maximum absolute atomic E-state index is 12.5. The molecule has 4 rings (SSSR count). The Morgan fingerprint density at radius 1 is 1.06 bits per heavy atom. The highest BCUT2D eigenvalue weighted by Gasteiger charge is 2.29. The molecule has 1 aliphatic rings. The summed E-state index contributed by atoms with van der Waals surface area (Å²) in [5, 5.41) is 9.55. The summed E-state index contributed by atoms with van der Waals surface area (Å²) in [6.45, 7) is 2.41. The second kappa shape index (κ2) is 11.1. The number of carbonyl (C=O) groups excluding carboxylic acids is 1. The number of hydrogen-bond donors (Lipinski definition) is 0. The Bertz CT molecular complexity index is 1110. The molecule has 0 radical (unpaired) electrons. The van der Waals surface area contributed by atoms with Crippen LogP contribution in [-0.4, -0.2) is 40.8 Å². The predicted octanol–water partition coefficient (Wildman–Crippen LogP) is 5.92. The Morgan fingerprint density at radius 3 is 2.35 bits per heavy atom. The summed E-state index contributed by atoms with van der Waals surface area (Å²) in [6.07, 6.45) is 3.44. The number of hydrogen-bond acceptors (Lipinski definition) is 6. The van der Waals surface area contributed by atoms with Gasteiger partial charge in [-0.3, -0.25) is 0 Å². The second-order valence-corrected chi connectivity index (χ2v) is 9.14. The van der Waals surface area contributed by atoms with Crippen LogP contribution in [0.25, 0.3) is 0 Å². The zero-order chi connectivity index (χ0) is 24.1. The van der Waals surface area contributed by atoms with Crippen molar-refractivity contribution in [1.82, 2.24) is 15.0 Å². The van der Waals surface area contributed by atoms with E-state index in [1.165, 1.54) is 0 Å². The lowest BCUT2D eigenvalue weighted by molar-refractivity contribution is 0.0507. The fraction of sp³-hybridized carbons (Fsp3) is 0.400. The lowest BCUT2D eigenvalue weighted by Crippen LogP contribution is -2.25. The number of ether oxygens (including phenoxy) is 3. The Hall–Kier alpha value is -2.77. The minimum Gasteiger partial charge on any atom is -0.497 e. The van der Waals surface area contributed by atoms with Crippen LogP contribution < -0.4 is 9.47 Å². The number of aromatic nitrogens is 3. The standard InChI is InChI=1S/C25H27Cl2N3O4/c1-3-33-25(31)23-24(30(29-28-23)15-16-4-8-21(32-2)9-5-16)34-22-10-6-17(7-11-22)18-12-19(26)14-20(27)13-18/h4-5,8-9,12-14,17,22H,3,6-7,10-11,15H2,1-2H3. The summed E-state index contributed by atoms with van der Waals surface area (Å²) >= 11 is 12.4. The predicted molar refractivity (Wildman–Crippen MR) is 130 cm³/mol. The first-order valence-corrected chi connectivity index (χ1v) is 12.1. The van der Waals surface area contributed by atoms with Gasteiger partial charge in [0.2, 0.25) is 11.6 Å². The Kier molecular flexibility index (Phi) is 7.95. The number of methoxy groups -OCH3 is 1. The van der Waals surface area contributed by atoms with Gasteiger partial charge >= 0.3 is 5.97 Å². The molecule has 0 bridgehead atoms. The SMILES string of the molecule is CCOC(=O)c1nnn(Cc2ccc(OC)cc2)c1OC1CCC(c2cc(Cl)cc(Cl)c2)CC1. The Morgan fingerprint density at radius 2 is 1.74 bits per heavy atom. The van der Waals surface area contributed by atoms with Crippen LogP contribution in [0.3, 0.4) is 0 Å². The monoisotopic (exact) mass is 503 g/mol. The Labute approximate surface area is 208 Å². The van der Waals surface area contributed by atoms with E-state index in [-0.39, 0.29) is 18.4 Å². The first kappa shape index (κ1) is 24.4. The largest absolute Gasteiger partial charge is 0.497 e. The van der Waals surface area contributed by atoms with E-state index < -0.39 is 5.97 Å². The highest BCUT2D eigenvalue weighted by Crippen LogP contribution is 2.37. The topological polar surface area (TPSA) is 75.5 Å². The van der Waals surface area contributed by atoms with Crippen molar-refractivity contribution in [3.63, 3.8) is 0 Å². The van der Waals surface area contributed by atoms with Crippen LogP contribution in [0.15, 0.2) is 42.5 Å². The lowest BCUT2D eigenvalue weighted by Gasteiger charge is -2.29. The van der Waals surface area contributed by atoms with Crippen molar-refractivity contribution in [2.75, 3.05) is 13.7 Å². The number of benzene rings is 2. The molecule has 1 aromatic heterocycles. The molecular formula is C25H27Cl2N3O4. The molecule has 7 nitrogen and oxygen atoms in total. The van der Waals surface area contributed by atoms with E-state index in [0.29, 0.717) is 28.4 Å². The summed E-state index contributed by atoms with van der Waals surface area (Å²) in [7, 11) is 1.62. The third kappa shape index (κ3) is 5.83. The molecule has 1 heterocycles. The van der Waals surface area contributed by atoms with Gasteiger partial charge in [-0.15, -0.1) is 5.10 Å². The van der Waals surface area contributed by atoms with Crippen molar-refractivity contribution in [1.29, 1.82) is 0 Å². The van der Waals surface area contributed by atoms with Gasteiger partial charge < -0.3 is 14.2 Å². The molecule has 2 aromatic carbocycles. The van der Waals surface area contributed by atoms with E-state index in [1.54, 1.807) is 24.8 Å². The summed E-state index contributed by atoms with van der Waals surface area (Å²) < 4.78 is 18.3. The fourth-order valence-corrected chi connectivity index (χ4v) is 4.78. The quantitative estimate of drug-likeness (QED) is 0.355. The van der Waals surface area contributed by atoms with Crippen molar-refractivity contribution >= 4 is 29.2 Å². The summed E-state index contributed by atoms with van der Waals surface area (Å²) in [5.41, 5.74) is 2.22. The van der Waals surface area contributed by atoms with Crippen LogP contribution >= 0.6 is 23.2 Å². The first-order chi connectivity index (χ1) is 16.5. The molecule has 0 spiro atoms. The van der Waals surface area contributed by atoms with Crippen LogP contribution in [-0.2, 0) is 11.3 Å². The van der Waals surface area contributed by atoms with Crippen molar-refractivity contribution in [2.45, 2.75) is 51.2 Å². The van der Waals surface area contributed by atoms with Gasteiger partial charge in [-0.25, -0.2) is 9.48 Å². The Balaban J connectivity index is 1.49. The van der Waals surface area contributed by atoms with Crippen molar-refractivity contribution in [3.05, 3.63) is 69.3 Å². The number of halogens is 2. The van der Waals surface area contributed by atoms with E-state index in [1.807, 2.05) is 36.4 Å². The molecule has 0 saturated heterocycles. The molecule has 0 N–H and O–H groups in total. The van der Waals surface area contributed by atoms with Gasteiger partial charge in [0.15, 0.2) is 0 Å². The van der Waals surface area contributed by atoms with Crippen molar-refractivity contribution in [2.24, 2.45) is 0 Å². The molecule has 1 fully saturated rings. The number of esters is 1. The van der Waals surface area contributed by atoms with E-state index in [9.17, 15) is 4.79 Å². The summed E-state index contributed by atoms with van der Waals surface area (Å²) in [5.74, 6) is 0.927. The fourth-order valence-electron chi connectivity index (χ4n) is 4.24. The number of nitrogens with zero attached hydrogens (tertiary/aromatic N) is 3. The van der Waals surface area contributed by atoms with E-state index >= 15 is 0 Å². The highest BCUT2D eigenvalue weighted by molar-refractivity contribution is 6.34. The number of carbonyl (C=O) groups is 1. The molecule has 0 atom stereocenters. The molecule has 1 saturated carbocycles. The zero-order valence-electron chi connectivity index (χ0n) is 19.2. The van der Waals surface area contributed by atoms with Gasteiger partial charge in [-0.1, -0.05) is 40.5 Å². The summed E-state index contributed by atoms with van der Waals surface area (Å²) in [4.78, 5) is 12.5. The average molecular weight is 504 g/mol. The lowest BCUT2D eigenvalue weighted by atomic mass is 9.83. The maximum Gasteiger partial charge on any atom is 0.364 e. The molecule has 9 heteroatoms. The number of rotatable bonds is 8. The van der Waals surface area contributed by atoms with Crippen LogP contribution in [0.1, 0.15) is 60.1 Å². The molecule has 1 aliphatic carbocycles. The van der Waals surface area contributed by atoms with E-state index in [2.05, 4.69) is 10.3 Å². The first-order valence-electron chi connectivity index (χ1n) is 11.3. The van der Waals surface area contributed by atoms with Gasteiger partial charge in [0.1, 0.15) is 11.9 Å². The van der Waals surface area contributed by atoms with E-state index in [4.69, 9.17) is 37.4 Å². The second-order valence-electron chi connectivity index (χ2n) is 8.26. The van der Waals surface area contributed by atoms with Gasteiger partial charge in [0, 0.05) is 10.0 Å². The zero-order valence-corrected chi connectivity index (χ0v) is 20.7. The normalized spacial score (nSPS) is 17.9. The molecule has 0 unspecified atom stereocenters. The van der Waals surface area contributed by atoms with Gasteiger partial charge in [-0.2, -0.15) is 0 Å². The van der Waals surface area contributed by atoms with Crippen LogP contribution in [0.4, 0.5) is 0 Å². The molecular weight excluding hydrogens is 477 g/mol. The minimum absolute atomic E-state index is 0.0628. The van der Waals surface area contributed by atoms with Crippen molar-refractivity contribution < 1.29 is 19.0 Å². The van der Waals surface area contributed by atoms with Gasteiger partial charge in [0.25, 0.3) is 0 Å². The van der Waals surface area contributed by atoms with Crippen molar-refractivity contribution in [3.8, 4) is 11.6 Å². The summed E-state index contributed by atoms with van der Waals surface area (Å²) in [6, 6.07) is 13.3. The molecule has 3 aromatic rings. The van der Waals surface area contributed by atoms with Gasteiger partial charge in [0.05, 0.1) is 20.3 Å². The molecule has 180 valence electrons. The highest BCUT2D eigenvalue weighted by atomic mass is 35.5. The van der Waals surface area contributed by atoms with Crippen LogP contribution in [0, 0.1) is 0 Å². The smallest absolute Gasteiger partial charge is 0.364 e. The third-order valence-electron chi connectivity index (χ3n) is 5.96. The minimum atomic E-state index is -0.541. The molecule has 0 amide bonds. The van der Waals surface area contributed by atoms with Gasteiger partial charge in [-0.05, 0) is 80.0 Å². The van der Waals surface area contributed by atoms with Crippen LogP contribution in [0.2, 0.25) is 10.0 Å².